The highest BCUT2D eigenvalue weighted by atomic mass is 79.9. The molecule has 0 spiro atoms. The van der Waals surface area contributed by atoms with Crippen molar-refractivity contribution in [3.8, 4) is 0 Å². The summed E-state index contributed by atoms with van der Waals surface area (Å²) in [6, 6.07) is 3.42. The topological polar surface area (TPSA) is 63.4 Å². The van der Waals surface area contributed by atoms with Gasteiger partial charge in [-0.15, -0.1) is 11.3 Å². The standard InChI is InChI=1S/C11H17BrN2O2S2/c1-8-4-5-14(7-9(8)6-13)18(15,16)11-3-2-10(12)17-11/h2-3,8-9H,4-7,13H2,1H3. The summed E-state index contributed by atoms with van der Waals surface area (Å²) in [5.41, 5.74) is 5.72. The molecule has 0 aromatic carbocycles. The second kappa shape index (κ2) is 5.58. The van der Waals surface area contributed by atoms with Crippen molar-refractivity contribution in [2.45, 2.75) is 17.6 Å². The van der Waals surface area contributed by atoms with Gasteiger partial charge in [-0.05, 0) is 52.9 Å². The van der Waals surface area contributed by atoms with E-state index in [1.165, 1.54) is 11.3 Å². The summed E-state index contributed by atoms with van der Waals surface area (Å²) < 4.78 is 27.7. The van der Waals surface area contributed by atoms with Crippen LogP contribution in [0.4, 0.5) is 0 Å². The lowest BCUT2D eigenvalue weighted by molar-refractivity contribution is 0.203. The summed E-state index contributed by atoms with van der Waals surface area (Å²) in [5, 5.41) is 0. The quantitative estimate of drug-likeness (QED) is 0.905. The number of hydrogen-bond acceptors (Lipinski definition) is 4. The molecule has 7 heteroatoms. The molecule has 2 rings (SSSR count). The lowest BCUT2D eigenvalue weighted by atomic mass is 9.88. The average molecular weight is 353 g/mol. The van der Waals surface area contributed by atoms with E-state index in [0.29, 0.717) is 29.8 Å². The van der Waals surface area contributed by atoms with Crippen LogP contribution < -0.4 is 5.73 Å². The van der Waals surface area contributed by atoms with Gasteiger partial charge < -0.3 is 5.73 Å². The molecule has 0 bridgehead atoms. The lowest BCUT2D eigenvalue weighted by Gasteiger charge is -2.35. The number of nitrogens with two attached hydrogens (primary N) is 1. The van der Waals surface area contributed by atoms with Crippen LogP contribution in [0, 0.1) is 11.8 Å². The summed E-state index contributed by atoms with van der Waals surface area (Å²) in [5.74, 6) is 0.758. The molecule has 18 heavy (non-hydrogen) atoms. The normalized spacial score (nSPS) is 26.4. The first-order valence-electron chi connectivity index (χ1n) is 5.90. The highest BCUT2D eigenvalue weighted by Crippen LogP contribution is 2.32. The van der Waals surface area contributed by atoms with Crippen molar-refractivity contribution in [1.82, 2.24) is 4.31 Å². The number of piperidine rings is 1. The highest BCUT2D eigenvalue weighted by molar-refractivity contribution is 9.11. The van der Waals surface area contributed by atoms with Crippen molar-refractivity contribution in [2.75, 3.05) is 19.6 Å². The zero-order valence-electron chi connectivity index (χ0n) is 10.2. The Kier molecular flexibility index (Phi) is 4.48. The van der Waals surface area contributed by atoms with Crippen molar-refractivity contribution in [3.63, 3.8) is 0 Å². The van der Waals surface area contributed by atoms with Crippen molar-refractivity contribution in [1.29, 1.82) is 0 Å². The Balaban J connectivity index is 2.21. The van der Waals surface area contributed by atoms with Crippen molar-refractivity contribution in [2.24, 2.45) is 17.6 Å². The van der Waals surface area contributed by atoms with Gasteiger partial charge in [0, 0.05) is 13.1 Å². The summed E-state index contributed by atoms with van der Waals surface area (Å²) in [4.78, 5) is 0. The Labute approximate surface area is 120 Å². The van der Waals surface area contributed by atoms with Gasteiger partial charge in [0.1, 0.15) is 4.21 Å². The van der Waals surface area contributed by atoms with E-state index in [9.17, 15) is 8.42 Å². The second-order valence-electron chi connectivity index (χ2n) is 4.68. The van der Waals surface area contributed by atoms with Gasteiger partial charge in [-0.1, -0.05) is 6.92 Å². The molecule has 1 aromatic heterocycles. The summed E-state index contributed by atoms with van der Waals surface area (Å²) in [6.45, 7) is 3.82. The van der Waals surface area contributed by atoms with E-state index in [1.54, 1.807) is 16.4 Å². The van der Waals surface area contributed by atoms with E-state index >= 15 is 0 Å². The fourth-order valence-corrected chi connectivity index (χ4v) is 5.88. The zero-order valence-corrected chi connectivity index (χ0v) is 13.4. The van der Waals surface area contributed by atoms with E-state index in [-0.39, 0.29) is 5.92 Å². The summed E-state index contributed by atoms with van der Waals surface area (Å²) in [6.07, 6.45) is 0.883. The minimum atomic E-state index is -3.34. The molecular weight excluding hydrogens is 336 g/mol. The molecule has 2 unspecified atom stereocenters. The molecule has 102 valence electrons. The first kappa shape index (κ1) is 14.5. The summed E-state index contributed by atoms with van der Waals surface area (Å²) in [7, 11) is -3.34. The van der Waals surface area contributed by atoms with Gasteiger partial charge in [0.15, 0.2) is 0 Å². The third-order valence-corrected chi connectivity index (χ3v) is 7.48. The molecule has 2 N–H and O–H groups in total. The Hall–Kier alpha value is 0.0500. The molecule has 0 saturated carbocycles. The Morgan fingerprint density at radius 2 is 2.28 bits per heavy atom. The van der Waals surface area contributed by atoms with Crippen LogP contribution in [0.3, 0.4) is 0 Å². The third-order valence-electron chi connectivity index (χ3n) is 3.52. The molecule has 1 aliphatic heterocycles. The Morgan fingerprint density at radius 1 is 1.56 bits per heavy atom. The second-order valence-corrected chi connectivity index (χ2v) is 9.31. The van der Waals surface area contributed by atoms with Crippen LogP contribution in [0.2, 0.25) is 0 Å². The van der Waals surface area contributed by atoms with Crippen molar-refractivity contribution < 1.29 is 8.42 Å². The molecule has 1 aliphatic rings. The van der Waals surface area contributed by atoms with Crippen LogP contribution in [-0.2, 0) is 10.0 Å². The third kappa shape index (κ3) is 2.80. The fourth-order valence-electron chi connectivity index (χ4n) is 2.20. The molecule has 4 nitrogen and oxygen atoms in total. The minimum absolute atomic E-state index is 0.261. The van der Waals surface area contributed by atoms with E-state index in [4.69, 9.17) is 5.73 Å². The van der Waals surface area contributed by atoms with E-state index in [1.807, 2.05) is 0 Å². The predicted molar refractivity (Wildman–Crippen MR) is 77.1 cm³/mol. The number of sulfonamides is 1. The van der Waals surface area contributed by atoms with E-state index < -0.39 is 10.0 Å². The molecule has 2 atom stereocenters. The van der Waals surface area contributed by atoms with Crippen LogP contribution in [-0.4, -0.2) is 32.4 Å². The van der Waals surface area contributed by atoms with Gasteiger partial charge in [0.05, 0.1) is 3.79 Å². The van der Waals surface area contributed by atoms with Crippen LogP contribution in [0.1, 0.15) is 13.3 Å². The molecule has 2 heterocycles. The molecule has 1 aromatic rings. The summed E-state index contributed by atoms with van der Waals surface area (Å²) >= 11 is 4.55. The first-order chi connectivity index (χ1) is 8.45. The predicted octanol–water partition coefficient (Wildman–Crippen LogP) is 2.12. The monoisotopic (exact) mass is 352 g/mol. The minimum Gasteiger partial charge on any atom is -0.330 e. The number of rotatable bonds is 3. The Morgan fingerprint density at radius 3 is 2.83 bits per heavy atom. The number of halogens is 1. The van der Waals surface area contributed by atoms with Gasteiger partial charge in [-0.2, -0.15) is 4.31 Å². The van der Waals surface area contributed by atoms with Crippen LogP contribution in [0.5, 0.6) is 0 Å². The maximum Gasteiger partial charge on any atom is 0.252 e. The van der Waals surface area contributed by atoms with Gasteiger partial charge in [0.25, 0.3) is 10.0 Å². The van der Waals surface area contributed by atoms with Gasteiger partial charge in [-0.25, -0.2) is 8.42 Å². The van der Waals surface area contributed by atoms with E-state index in [0.717, 1.165) is 10.2 Å². The van der Waals surface area contributed by atoms with Crippen LogP contribution in [0.25, 0.3) is 0 Å². The number of hydrogen-bond donors (Lipinski definition) is 1. The zero-order chi connectivity index (χ0) is 13.3. The Bertz CT molecular complexity index is 515. The smallest absolute Gasteiger partial charge is 0.252 e. The average Bonchev–Trinajstić information content (AvgIpc) is 2.77. The van der Waals surface area contributed by atoms with Gasteiger partial charge >= 0.3 is 0 Å². The van der Waals surface area contributed by atoms with Gasteiger partial charge in [-0.3, -0.25) is 0 Å². The highest BCUT2D eigenvalue weighted by Gasteiger charge is 2.33. The number of thiophene rings is 1. The first-order valence-corrected chi connectivity index (χ1v) is 8.95. The van der Waals surface area contributed by atoms with Crippen molar-refractivity contribution >= 4 is 37.3 Å². The molecule has 0 aliphatic carbocycles. The van der Waals surface area contributed by atoms with Crippen molar-refractivity contribution in [3.05, 3.63) is 15.9 Å². The lowest BCUT2D eigenvalue weighted by Crippen LogP contribution is -2.45. The van der Waals surface area contributed by atoms with Crippen LogP contribution in [0.15, 0.2) is 20.1 Å². The molecule has 1 saturated heterocycles. The largest absolute Gasteiger partial charge is 0.330 e. The number of nitrogens with zero attached hydrogens (tertiary/aromatic N) is 1. The molecular formula is C11H17BrN2O2S2. The molecule has 0 amide bonds. The van der Waals surface area contributed by atoms with E-state index in [2.05, 4.69) is 22.9 Å². The fraction of sp³-hybridized carbons (Fsp3) is 0.636. The molecule has 0 radical (unpaired) electrons. The van der Waals surface area contributed by atoms with Gasteiger partial charge in [0.2, 0.25) is 0 Å². The SMILES string of the molecule is CC1CCN(S(=O)(=O)c2ccc(Br)s2)CC1CN. The maximum absolute atomic E-state index is 12.4. The maximum atomic E-state index is 12.4. The van der Waals surface area contributed by atoms with Crippen LogP contribution >= 0.6 is 27.3 Å². The molecule has 1 fully saturated rings.